The van der Waals surface area contributed by atoms with Gasteiger partial charge >= 0.3 is 6.18 Å². The summed E-state index contributed by atoms with van der Waals surface area (Å²) in [7, 11) is 0. The molecule has 0 fully saturated rings. The van der Waals surface area contributed by atoms with Gasteiger partial charge in [0.25, 0.3) is 5.91 Å². The molecule has 0 aliphatic rings. The van der Waals surface area contributed by atoms with E-state index in [0.717, 1.165) is 17.5 Å². The van der Waals surface area contributed by atoms with Gasteiger partial charge in [-0.25, -0.2) is 0 Å². The standard InChI is InChI=1S/C22H15F3N2O2/c23-22(24,25)15-5-4-6-16(13-15)26-21(28)20-12-14-11-18(9-10-19(14)27-20)29-17-7-2-1-3-8-17/h1-13,27H,(H,26,28). The number of amides is 1. The van der Waals surface area contributed by atoms with Crippen molar-refractivity contribution < 1.29 is 22.7 Å². The van der Waals surface area contributed by atoms with Gasteiger partial charge in [-0.15, -0.1) is 0 Å². The number of aromatic nitrogens is 1. The second-order valence-corrected chi connectivity index (χ2v) is 6.38. The van der Waals surface area contributed by atoms with Crippen LogP contribution < -0.4 is 10.1 Å². The summed E-state index contributed by atoms with van der Waals surface area (Å²) in [5.74, 6) is 0.753. The number of hydrogen-bond donors (Lipinski definition) is 2. The Kier molecular flexibility index (Phi) is 4.72. The lowest BCUT2D eigenvalue weighted by molar-refractivity contribution is -0.137. The van der Waals surface area contributed by atoms with E-state index in [-0.39, 0.29) is 11.4 Å². The number of H-pyrrole nitrogens is 1. The van der Waals surface area contributed by atoms with Crippen LogP contribution in [0.2, 0.25) is 0 Å². The summed E-state index contributed by atoms with van der Waals surface area (Å²) >= 11 is 0. The summed E-state index contributed by atoms with van der Waals surface area (Å²) in [4.78, 5) is 15.4. The Bertz CT molecular complexity index is 1170. The summed E-state index contributed by atoms with van der Waals surface area (Å²) in [6.07, 6.45) is -4.48. The largest absolute Gasteiger partial charge is 0.457 e. The molecular weight excluding hydrogens is 381 g/mol. The molecular formula is C22H15F3N2O2. The summed E-state index contributed by atoms with van der Waals surface area (Å²) < 4.78 is 44.3. The molecule has 146 valence electrons. The van der Waals surface area contributed by atoms with Gasteiger partial charge in [0, 0.05) is 16.6 Å². The molecule has 0 saturated heterocycles. The molecule has 0 unspecified atom stereocenters. The Morgan fingerprint density at radius 2 is 1.66 bits per heavy atom. The van der Waals surface area contributed by atoms with E-state index in [4.69, 9.17) is 4.74 Å². The lowest BCUT2D eigenvalue weighted by atomic mass is 10.2. The van der Waals surface area contributed by atoms with Crippen LogP contribution >= 0.6 is 0 Å². The van der Waals surface area contributed by atoms with Crippen LogP contribution in [0.1, 0.15) is 16.1 Å². The number of nitrogens with one attached hydrogen (secondary N) is 2. The van der Waals surface area contributed by atoms with Crippen LogP contribution in [0.3, 0.4) is 0 Å². The molecule has 29 heavy (non-hydrogen) atoms. The Morgan fingerprint density at radius 3 is 2.41 bits per heavy atom. The molecule has 4 nitrogen and oxygen atoms in total. The first-order valence-corrected chi connectivity index (χ1v) is 8.73. The number of aromatic amines is 1. The Labute approximate surface area is 163 Å². The van der Waals surface area contributed by atoms with E-state index in [2.05, 4.69) is 10.3 Å². The van der Waals surface area contributed by atoms with Gasteiger partial charge < -0.3 is 15.0 Å². The lowest BCUT2D eigenvalue weighted by Gasteiger charge is -2.09. The van der Waals surface area contributed by atoms with Crippen molar-refractivity contribution >= 4 is 22.5 Å². The number of anilines is 1. The molecule has 0 bridgehead atoms. The maximum absolute atomic E-state index is 12.8. The highest BCUT2D eigenvalue weighted by Gasteiger charge is 2.30. The zero-order valence-corrected chi connectivity index (χ0v) is 15.0. The van der Waals surface area contributed by atoms with Crippen LogP contribution in [-0.2, 0) is 6.18 Å². The van der Waals surface area contributed by atoms with Crippen molar-refractivity contribution in [2.75, 3.05) is 5.32 Å². The molecule has 0 aliphatic heterocycles. The fraction of sp³-hybridized carbons (Fsp3) is 0.0455. The van der Waals surface area contributed by atoms with Crippen LogP contribution in [0.25, 0.3) is 10.9 Å². The minimum absolute atomic E-state index is 0.0663. The molecule has 1 amide bonds. The maximum Gasteiger partial charge on any atom is 0.416 e. The second kappa shape index (κ2) is 7.35. The number of carbonyl (C=O) groups excluding carboxylic acids is 1. The second-order valence-electron chi connectivity index (χ2n) is 6.38. The zero-order chi connectivity index (χ0) is 20.4. The van der Waals surface area contributed by atoms with E-state index in [1.54, 1.807) is 24.3 Å². The summed E-state index contributed by atoms with van der Waals surface area (Å²) in [6, 6.07) is 20.7. The van der Waals surface area contributed by atoms with Gasteiger partial charge in [-0.1, -0.05) is 24.3 Å². The van der Waals surface area contributed by atoms with Crippen molar-refractivity contribution in [1.82, 2.24) is 4.98 Å². The Morgan fingerprint density at radius 1 is 0.862 bits per heavy atom. The first kappa shape index (κ1) is 18.6. The number of ether oxygens (including phenoxy) is 1. The summed E-state index contributed by atoms with van der Waals surface area (Å²) in [6.45, 7) is 0. The van der Waals surface area contributed by atoms with Gasteiger partial charge in [0.1, 0.15) is 17.2 Å². The van der Waals surface area contributed by atoms with Gasteiger partial charge in [0.05, 0.1) is 5.56 Å². The molecule has 2 N–H and O–H groups in total. The van der Waals surface area contributed by atoms with Crippen LogP contribution in [0.5, 0.6) is 11.5 Å². The number of hydrogen-bond acceptors (Lipinski definition) is 2. The molecule has 0 aliphatic carbocycles. The minimum Gasteiger partial charge on any atom is -0.457 e. The monoisotopic (exact) mass is 396 g/mol. The maximum atomic E-state index is 12.8. The topological polar surface area (TPSA) is 54.1 Å². The van der Waals surface area contributed by atoms with E-state index < -0.39 is 17.6 Å². The average molecular weight is 396 g/mol. The average Bonchev–Trinajstić information content (AvgIpc) is 3.12. The number of para-hydroxylation sites is 1. The third-order valence-corrected chi connectivity index (χ3v) is 4.26. The third kappa shape index (κ3) is 4.24. The smallest absolute Gasteiger partial charge is 0.416 e. The van der Waals surface area contributed by atoms with Crippen molar-refractivity contribution in [2.45, 2.75) is 6.18 Å². The highest BCUT2D eigenvalue weighted by Crippen LogP contribution is 2.31. The molecule has 0 atom stereocenters. The Hall–Kier alpha value is -3.74. The zero-order valence-electron chi connectivity index (χ0n) is 15.0. The van der Waals surface area contributed by atoms with E-state index in [0.29, 0.717) is 17.0 Å². The number of fused-ring (bicyclic) bond motifs is 1. The number of rotatable bonds is 4. The van der Waals surface area contributed by atoms with Gasteiger partial charge in [0.2, 0.25) is 0 Å². The number of halogens is 3. The highest BCUT2D eigenvalue weighted by atomic mass is 19.4. The predicted octanol–water partition coefficient (Wildman–Crippen LogP) is 6.23. The SMILES string of the molecule is O=C(Nc1cccc(C(F)(F)F)c1)c1cc2cc(Oc3ccccc3)ccc2[nH]1. The van der Waals surface area contributed by atoms with Crippen molar-refractivity contribution in [3.05, 3.63) is 90.1 Å². The first-order chi connectivity index (χ1) is 13.9. The van der Waals surface area contributed by atoms with E-state index in [9.17, 15) is 18.0 Å². The van der Waals surface area contributed by atoms with Crippen LogP contribution in [-0.4, -0.2) is 10.9 Å². The normalized spacial score (nSPS) is 11.4. The fourth-order valence-corrected chi connectivity index (χ4v) is 2.89. The highest BCUT2D eigenvalue weighted by molar-refractivity contribution is 6.06. The Balaban J connectivity index is 1.54. The van der Waals surface area contributed by atoms with Crippen molar-refractivity contribution in [3.63, 3.8) is 0 Å². The molecule has 4 aromatic rings. The number of carbonyl (C=O) groups is 1. The molecule has 0 spiro atoms. The number of alkyl halides is 3. The van der Waals surface area contributed by atoms with Crippen molar-refractivity contribution in [2.24, 2.45) is 0 Å². The van der Waals surface area contributed by atoms with E-state index >= 15 is 0 Å². The fourth-order valence-electron chi connectivity index (χ4n) is 2.89. The van der Waals surface area contributed by atoms with Gasteiger partial charge in [-0.2, -0.15) is 13.2 Å². The molecule has 4 rings (SSSR count). The molecule has 1 aromatic heterocycles. The molecule has 1 heterocycles. The minimum atomic E-state index is -4.48. The molecule has 3 aromatic carbocycles. The molecule has 0 radical (unpaired) electrons. The molecule has 7 heteroatoms. The van der Waals surface area contributed by atoms with Gasteiger partial charge in [-0.05, 0) is 54.6 Å². The molecule has 0 saturated carbocycles. The van der Waals surface area contributed by atoms with Crippen molar-refractivity contribution in [3.8, 4) is 11.5 Å². The quantitative estimate of drug-likeness (QED) is 0.430. The summed E-state index contributed by atoms with van der Waals surface area (Å²) in [5, 5.41) is 3.23. The van der Waals surface area contributed by atoms with Gasteiger partial charge in [-0.3, -0.25) is 4.79 Å². The summed E-state index contributed by atoms with van der Waals surface area (Å²) in [5.41, 5.74) is 0.181. The lowest BCUT2D eigenvalue weighted by Crippen LogP contribution is -2.13. The number of benzene rings is 3. The van der Waals surface area contributed by atoms with E-state index in [1.165, 1.54) is 12.1 Å². The van der Waals surface area contributed by atoms with E-state index in [1.807, 2.05) is 30.3 Å². The third-order valence-electron chi connectivity index (χ3n) is 4.26. The first-order valence-electron chi connectivity index (χ1n) is 8.73. The van der Waals surface area contributed by atoms with Crippen LogP contribution in [0.15, 0.2) is 78.9 Å². The van der Waals surface area contributed by atoms with Crippen LogP contribution in [0, 0.1) is 0 Å². The van der Waals surface area contributed by atoms with Crippen molar-refractivity contribution in [1.29, 1.82) is 0 Å². The predicted molar refractivity (Wildman–Crippen MR) is 104 cm³/mol. The van der Waals surface area contributed by atoms with Crippen LogP contribution in [0.4, 0.5) is 18.9 Å². The van der Waals surface area contributed by atoms with Gasteiger partial charge in [0.15, 0.2) is 0 Å².